The zero-order valence-electron chi connectivity index (χ0n) is 23.4. The third-order valence-corrected chi connectivity index (χ3v) is 7.09. The van der Waals surface area contributed by atoms with Gasteiger partial charge in [-0.1, -0.05) is 104 Å². The standard InChI is InChI=1S/C32H54N2.2BrH/c1-3-5-7-9-11-13-14-16-18-20-26-34-28-22-24-32(30-34)31-23-21-27-33(29-31)25-19-17-15-12-10-8-6-4-2;;/h21-24,27-30H,3-20,25-26H2,1-2H3;2*1H/q+2;;/p-2. The average Bonchev–Trinajstić information content (AvgIpc) is 2.87. The van der Waals surface area contributed by atoms with Crippen LogP contribution in [0.15, 0.2) is 49.1 Å². The maximum Gasteiger partial charge on any atom is 0.176 e. The van der Waals surface area contributed by atoms with Gasteiger partial charge in [0.05, 0.1) is 11.1 Å². The molecule has 206 valence electrons. The van der Waals surface area contributed by atoms with Crippen molar-refractivity contribution in [3.8, 4) is 11.1 Å². The molecule has 0 fully saturated rings. The van der Waals surface area contributed by atoms with E-state index in [-0.39, 0.29) is 34.0 Å². The van der Waals surface area contributed by atoms with Gasteiger partial charge in [-0.05, 0) is 25.0 Å². The molecule has 0 aromatic carbocycles. The first-order valence-corrected chi connectivity index (χ1v) is 14.8. The summed E-state index contributed by atoms with van der Waals surface area (Å²) >= 11 is 0. The van der Waals surface area contributed by atoms with Crippen molar-refractivity contribution in [1.82, 2.24) is 0 Å². The Bertz CT molecular complexity index is 750. The molecule has 2 rings (SSSR count). The second kappa shape index (κ2) is 24.6. The van der Waals surface area contributed by atoms with Crippen LogP contribution in [0.5, 0.6) is 0 Å². The molecule has 2 aromatic rings. The van der Waals surface area contributed by atoms with Crippen molar-refractivity contribution in [3.05, 3.63) is 49.1 Å². The molecule has 2 aromatic heterocycles. The van der Waals surface area contributed by atoms with Gasteiger partial charge in [-0.25, -0.2) is 9.13 Å². The van der Waals surface area contributed by atoms with Crippen LogP contribution in [0.1, 0.15) is 129 Å². The number of hydrogen-bond acceptors (Lipinski definition) is 0. The SMILES string of the molecule is CCCCCCCCCCCC[n+]1cccc(-c2ccc[n+](CCCCCCCCCC)c2)c1.[Br-].[Br-]. The van der Waals surface area contributed by atoms with Crippen LogP contribution in [0.25, 0.3) is 11.1 Å². The fourth-order valence-electron chi connectivity index (χ4n) is 4.87. The van der Waals surface area contributed by atoms with Crippen LogP contribution >= 0.6 is 0 Å². The predicted molar refractivity (Wildman–Crippen MR) is 147 cm³/mol. The normalized spacial score (nSPS) is 10.6. The largest absolute Gasteiger partial charge is 1.00 e. The molecule has 0 aliphatic heterocycles. The third-order valence-electron chi connectivity index (χ3n) is 7.09. The lowest BCUT2D eigenvalue weighted by molar-refractivity contribution is -0.698. The number of unbranched alkanes of at least 4 members (excludes halogenated alkanes) is 16. The third kappa shape index (κ3) is 16.9. The molecular weight excluding hydrogens is 572 g/mol. The number of hydrogen-bond donors (Lipinski definition) is 0. The number of aryl methyl sites for hydroxylation is 2. The number of pyridine rings is 2. The first-order chi connectivity index (χ1) is 16.8. The molecule has 0 aliphatic rings. The second-order valence-electron chi connectivity index (χ2n) is 10.3. The Morgan fingerprint density at radius 1 is 0.444 bits per heavy atom. The van der Waals surface area contributed by atoms with E-state index in [0.29, 0.717) is 0 Å². The Morgan fingerprint density at radius 2 is 0.750 bits per heavy atom. The van der Waals surface area contributed by atoms with Gasteiger partial charge >= 0.3 is 0 Å². The summed E-state index contributed by atoms with van der Waals surface area (Å²) in [6.45, 7) is 6.85. The molecule has 36 heavy (non-hydrogen) atoms. The number of rotatable bonds is 21. The zero-order valence-corrected chi connectivity index (χ0v) is 26.6. The summed E-state index contributed by atoms with van der Waals surface area (Å²) < 4.78 is 4.77. The average molecular weight is 627 g/mol. The van der Waals surface area contributed by atoms with Crippen LogP contribution in [-0.2, 0) is 13.1 Å². The molecule has 0 aliphatic carbocycles. The van der Waals surface area contributed by atoms with Gasteiger partial charge in [-0.3, -0.25) is 0 Å². The van der Waals surface area contributed by atoms with Crippen LogP contribution in [0, 0.1) is 0 Å². The van der Waals surface area contributed by atoms with E-state index in [2.05, 4.69) is 72.0 Å². The Hall–Kier alpha value is -0.740. The lowest BCUT2D eigenvalue weighted by atomic mass is 10.1. The molecule has 0 saturated heterocycles. The first-order valence-electron chi connectivity index (χ1n) is 14.8. The fraction of sp³-hybridized carbons (Fsp3) is 0.688. The molecule has 0 unspecified atom stereocenters. The van der Waals surface area contributed by atoms with Crippen molar-refractivity contribution in [2.24, 2.45) is 0 Å². The summed E-state index contributed by atoms with van der Waals surface area (Å²) in [6.07, 6.45) is 34.1. The smallest absolute Gasteiger partial charge is 0.176 e. The van der Waals surface area contributed by atoms with Gasteiger partial charge < -0.3 is 34.0 Å². The van der Waals surface area contributed by atoms with Crippen molar-refractivity contribution in [3.63, 3.8) is 0 Å². The van der Waals surface area contributed by atoms with E-state index in [4.69, 9.17) is 0 Å². The summed E-state index contributed by atoms with van der Waals surface area (Å²) in [7, 11) is 0. The monoisotopic (exact) mass is 624 g/mol. The number of halogens is 2. The van der Waals surface area contributed by atoms with Crippen LogP contribution in [0.4, 0.5) is 0 Å². The molecule has 0 radical (unpaired) electrons. The minimum Gasteiger partial charge on any atom is -1.00 e. The van der Waals surface area contributed by atoms with Crippen LogP contribution in [0.2, 0.25) is 0 Å². The summed E-state index contributed by atoms with van der Waals surface area (Å²) in [5.41, 5.74) is 2.67. The minimum absolute atomic E-state index is 0. The number of nitrogens with zero attached hydrogens (tertiary/aromatic N) is 2. The molecule has 0 saturated carbocycles. The van der Waals surface area contributed by atoms with Crippen LogP contribution in [0.3, 0.4) is 0 Å². The molecule has 0 N–H and O–H groups in total. The summed E-state index contributed by atoms with van der Waals surface area (Å²) in [5.74, 6) is 0. The van der Waals surface area contributed by atoms with E-state index in [1.807, 2.05) is 0 Å². The van der Waals surface area contributed by atoms with Gasteiger partial charge in [0.15, 0.2) is 24.8 Å². The van der Waals surface area contributed by atoms with Gasteiger partial charge in [0.2, 0.25) is 0 Å². The summed E-state index contributed by atoms with van der Waals surface area (Å²) in [5, 5.41) is 0. The lowest BCUT2D eigenvalue weighted by Crippen LogP contribution is -3.00. The van der Waals surface area contributed by atoms with Crippen molar-refractivity contribution in [2.45, 2.75) is 143 Å². The maximum atomic E-state index is 2.38. The van der Waals surface area contributed by atoms with E-state index in [1.165, 1.54) is 127 Å². The number of aromatic nitrogens is 2. The van der Waals surface area contributed by atoms with E-state index in [9.17, 15) is 0 Å². The van der Waals surface area contributed by atoms with Gasteiger partial charge in [-0.15, -0.1) is 0 Å². The maximum absolute atomic E-state index is 2.38. The van der Waals surface area contributed by atoms with Gasteiger partial charge in [0.1, 0.15) is 13.1 Å². The van der Waals surface area contributed by atoms with Crippen molar-refractivity contribution in [1.29, 1.82) is 0 Å². The highest BCUT2D eigenvalue weighted by Gasteiger charge is 2.09. The van der Waals surface area contributed by atoms with Gasteiger partial charge in [0, 0.05) is 25.0 Å². The molecular formula is C32H54Br2N2. The first kappa shape index (κ1) is 35.3. The van der Waals surface area contributed by atoms with Crippen LogP contribution in [-0.4, -0.2) is 0 Å². The highest BCUT2D eigenvalue weighted by molar-refractivity contribution is 5.59. The minimum atomic E-state index is 0. The zero-order chi connectivity index (χ0) is 24.1. The van der Waals surface area contributed by atoms with Gasteiger partial charge in [0.25, 0.3) is 0 Å². The molecule has 2 heterocycles. The topological polar surface area (TPSA) is 7.76 Å². The fourth-order valence-corrected chi connectivity index (χ4v) is 4.87. The molecule has 0 amide bonds. The predicted octanol–water partition coefficient (Wildman–Crippen LogP) is 3.00. The molecule has 0 bridgehead atoms. The summed E-state index contributed by atoms with van der Waals surface area (Å²) in [4.78, 5) is 0. The molecule has 0 spiro atoms. The van der Waals surface area contributed by atoms with E-state index < -0.39 is 0 Å². The van der Waals surface area contributed by atoms with E-state index in [1.54, 1.807) is 0 Å². The lowest BCUT2D eigenvalue weighted by Gasteiger charge is -2.04. The molecule has 2 nitrogen and oxygen atoms in total. The highest BCUT2D eigenvalue weighted by Crippen LogP contribution is 2.15. The quantitative estimate of drug-likeness (QED) is 0.149. The van der Waals surface area contributed by atoms with Crippen LogP contribution < -0.4 is 43.1 Å². The highest BCUT2D eigenvalue weighted by atomic mass is 79.9. The van der Waals surface area contributed by atoms with Crippen molar-refractivity contribution >= 4 is 0 Å². The second-order valence-corrected chi connectivity index (χ2v) is 10.3. The van der Waals surface area contributed by atoms with E-state index >= 15 is 0 Å². The molecule has 0 atom stereocenters. The van der Waals surface area contributed by atoms with Crippen molar-refractivity contribution < 1.29 is 43.1 Å². The molecule has 4 heteroatoms. The Labute approximate surface area is 244 Å². The van der Waals surface area contributed by atoms with Crippen molar-refractivity contribution in [2.75, 3.05) is 0 Å². The Kier molecular flexibility index (Phi) is 24.1. The summed E-state index contributed by atoms with van der Waals surface area (Å²) in [6, 6.07) is 8.93. The Morgan fingerprint density at radius 3 is 1.08 bits per heavy atom. The van der Waals surface area contributed by atoms with Gasteiger partial charge in [-0.2, -0.15) is 0 Å². The Balaban J connectivity index is 0.00000612. The van der Waals surface area contributed by atoms with E-state index in [0.717, 1.165) is 13.1 Å².